The zero-order valence-corrected chi connectivity index (χ0v) is 7.96. The Morgan fingerprint density at radius 2 is 1.11 bits per heavy atom. The van der Waals surface area contributed by atoms with Gasteiger partial charge in [0.2, 0.25) is 0 Å². The molecule has 18 heavy (non-hydrogen) atoms. The lowest BCUT2D eigenvalue weighted by molar-refractivity contribution is -0.388. The van der Waals surface area contributed by atoms with Crippen molar-refractivity contribution in [2.75, 3.05) is 0 Å². The van der Waals surface area contributed by atoms with E-state index in [1.807, 2.05) is 6.58 Å². The van der Waals surface area contributed by atoms with Crippen LogP contribution < -0.4 is 0 Å². The maximum atomic E-state index is 12.9. The number of alkyl halides is 9. The smallest absolute Gasteiger partial charge is 0.438 e. The predicted molar refractivity (Wildman–Crippen MR) is 37.7 cm³/mol. The number of halogens is 9. The summed E-state index contributed by atoms with van der Waals surface area (Å²) in [5.74, 6) is -9.30. The minimum absolute atomic E-state index is 1.83. The Morgan fingerprint density at radius 1 is 0.833 bits per heavy atom. The lowest BCUT2D eigenvalue weighted by Crippen LogP contribution is -2.65. The van der Waals surface area contributed by atoms with Crippen LogP contribution in [-0.4, -0.2) is 35.0 Å². The fourth-order valence-electron chi connectivity index (χ4n) is 0.859. The molecule has 1 N–H and O–H groups in total. The van der Waals surface area contributed by atoms with Crippen LogP contribution in [0.2, 0.25) is 0 Å². The molecule has 0 unspecified atom stereocenters. The van der Waals surface area contributed by atoms with Gasteiger partial charge in [-0.3, -0.25) is 0 Å². The molecular weight excluding hydrogens is 287 g/mol. The summed E-state index contributed by atoms with van der Waals surface area (Å²) in [4.78, 5) is 9.97. The van der Waals surface area contributed by atoms with E-state index in [0.29, 0.717) is 0 Å². The van der Waals surface area contributed by atoms with Gasteiger partial charge >= 0.3 is 29.9 Å². The lowest BCUT2D eigenvalue weighted by Gasteiger charge is -2.35. The van der Waals surface area contributed by atoms with Crippen LogP contribution in [0.15, 0.2) is 12.2 Å². The molecule has 0 radical (unpaired) electrons. The van der Waals surface area contributed by atoms with Gasteiger partial charge in [0.1, 0.15) is 5.57 Å². The van der Waals surface area contributed by atoms with Crippen LogP contribution >= 0.6 is 0 Å². The van der Waals surface area contributed by atoms with Crippen molar-refractivity contribution < 1.29 is 49.4 Å². The van der Waals surface area contributed by atoms with Crippen molar-refractivity contribution in [1.82, 2.24) is 0 Å². The number of carbonyl (C=O) groups is 1. The molecule has 0 amide bonds. The van der Waals surface area contributed by atoms with Crippen LogP contribution in [0.4, 0.5) is 39.5 Å². The van der Waals surface area contributed by atoms with Gasteiger partial charge in [0, 0.05) is 0 Å². The molecule has 11 heteroatoms. The standard InChI is InChI=1S/C7H3F9O2/c1-2(3(17)18)4(8,9)5(10,6(11,12)13)7(14,15)16/h1H2,(H,17,18). The largest absolute Gasteiger partial charge is 0.478 e. The van der Waals surface area contributed by atoms with E-state index in [9.17, 15) is 44.3 Å². The third kappa shape index (κ3) is 2.12. The molecule has 0 aromatic rings. The van der Waals surface area contributed by atoms with Gasteiger partial charge in [0.25, 0.3) is 0 Å². The van der Waals surface area contributed by atoms with E-state index < -0.39 is 35.5 Å². The summed E-state index contributed by atoms with van der Waals surface area (Å²) >= 11 is 0. The summed E-state index contributed by atoms with van der Waals surface area (Å²) in [6, 6.07) is 0. The Kier molecular flexibility index (Phi) is 3.73. The topological polar surface area (TPSA) is 37.3 Å². The van der Waals surface area contributed by atoms with Crippen LogP contribution in [0.25, 0.3) is 0 Å². The van der Waals surface area contributed by atoms with Crippen molar-refractivity contribution in [2.24, 2.45) is 0 Å². The Bertz CT molecular complexity index is 350. The van der Waals surface area contributed by atoms with E-state index >= 15 is 0 Å². The quantitative estimate of drug-likeness (QED) is 0.640. The zero-order chi connectivity index (χ0) is 15.2. The summed E-state index contributed by atoms with van der Waals surface area (Å²) in [6.07, 6.45) is -14.2. The maximum Gasteiger partial charge on any atom is 0.438 e. The number of hydrogen-bond acceptors (Lipinski definition) is 1. The van der Waals surface area contributed by atoms with Crippen LogP contribution in [-0.2, 0) is 4.79 Å². The van der Waals surface area contributed by atoms with Crippen molar-refractivity contribution >= 4 is 5.97 Å². The molecule has 0 rings (SSSR count). The van der Waals surface area contributed by atoms with E-state index in [0.717, 1.165) is 0 Å². The first-order valence-corrected chi connectivity index (χ1v) is 3.73. The highest BCUT2D eigenvalue weighted by atomic mass is 19.4. The summed E-state index contributed by atoms with van der Waals surface area (Å²) in [7, 11) is 0. The third-order valence-corrected chi connectivity index (χ3v) is 1.85. The van der Waals surface area contributed by atoms with Gasteiger partial charge in [-0.1, -0.05) is 6.58 Å². The molecule has 0 saturated heterocycles. The first kappa shape index (κ1) is 16.6. The molecule has 0 fully saturated rings. The molecule has 0 saturated carbocycles. The van der Waals surface area contributed by atoms with E-state index in [1.54, 1.807) is 0 Å². The third-order valence-electron chi connectivity index (χ3n) is 1.85. The zero-order valence-electron chi connectivity index (χ0n) is 7.96. The average Bonchev–Trinajstić information content (AvgIpc) is 2.11. The number of carboxylic acid groups (broad SMARTS) is 1. The second-order valence-electron chi connectivity index (χ2n) is 3.01. The maximum absolute atomic E-state index is 12.9. The Morgan fingerprint density at radius 3 is 1.28 bits per heavy atom. The highest BCUT2D eigenvalue weighted by molar-refractivity contribution is 5.88. The summed E-state index contributed by atoms with van der Waals surface area (Å²) in [5, 5.41) is 7.93. The molecule has 0 aromatic carbocycles. The minimum atomic E-state index is -7.08. The molecule has 0 aliphatic carbocycles. The highest BCUT2D eigenvalue weighted by Gasteiger charge is 2.85. The van der Waals surface area contributed by atoms with Gasteiger partial charge in [0.15, 0.2) is 0 Å². The molecule has 0 heterocycles. The van der Waals surface area contributed by atoms with Gasteiger partial charge < -0.3 is 5.11 Å². The normalized spacial score (nSPS) is 14.5. The Balaban J connectivity index is 6.09. The molecule has 0 aliphatic rings. The van der Waals surface area contributed by atoms with Gasteiger partial charge in [-0.2, -0.15) is 35.1 Å². The number of hydrogen-bond donors (Lipinski definition) is 1. The van der Waals surface area contributed by atoms with E-state index in [2.05, 4.69) is 0 Å². The van der Waals surface area contributed by atoms with Crippen LogP contribution in [0.1, 0.15) is 0 Å². The van der Waals surface area contributed by atoms with Gasteiger partial charge in [0.05, 0.1) is 0 Å². The summed E-state index contributed by atoms with van der Waals surface area (Å²) in [6.45, 7) is 1.83. The predicted octanol–water partition coefficient (Wildman–Crippen LogP) is 3.10. The molecule has 0 aromatic heterocycles. The summed E-state index contributed by atoms with van der Waals surface area (Å²) in [5.41, 5.74) is -9.90. The fourth-order valence-corrected chi connectivity index (χ4v) is 0.859. The van der Waals surface area contributed by atoms with E-state index in [-0.39, 0.29) is 0 Å². The van der Waals surface area contributed by atoms with Crippen LogP contribution in [0.3, 0.4) is 0 Å². The van der Waals surface area contributed by atoms with Gasteiger partial charge in [-0.25, -0.2) is 9.18 Å². The van der Waals surface area contributed by atoms with Crippen molar-refractivity contribution in [1.29, 1.82) is 0 Å². The molecule has 0 spiro atoms. The van der Waals surface area contributed by atoms with Crippen molar-refractivity contribution in [3.63, 3.8) is 0 Å². The Hall–Kier alpha value is -1.42. The first-order valence-electron chi connectivity index (χ1n) is 3.73. The minimum Gasteiger partial charge on any atom is -0.478 e. The number of aliphatic carboxylic acids is 1. The highest BCUT2D eigenvalue weighted by Crippen LogP contribution is 2.56. The molecule has 106 valence electrons. The van der Waals surface area contributed by atoms with Crippen molar-refractivity contribution in [3.05, 3.63) is 12.2 Å². The van der Waals surface area contributed by atoms with Crippen molar-refractivity contribution in [2.45, 2.75) is 23.9 Å². The fraction of sp³-hybridized carbons (Fsp3) is 0.571. The van der Waals surface area contributed by atoms with E-state index in [1.165, 1.54) is 0 Å². The number of carboxylic acids is 1. The second kappa shape index (κ2) is 4.05. The SMILES string of the molecule is C=C(C(=O)O)C(F)(F)C(F)(C(F)(F)F)C(F)(F)F. The molecule has 0 atom stereocenters. The van der Waals surface area contributed by atoms with Crippen LogP contribution in [0, 0.1) is 0 Å². The Labute approximate surface area is 92.7 Å². The van der Waals surface area contributed by atoms with E-state index in [4.69, 9.17) is 5.11 Å². The molecule has 0 aliphatic heterocycles. The average molecular weight is 290 g/mol. The molecular formula is C7H3F9O2. The van der Waals surface area contributed by atoms with Crippen LogP contribution in [0.5, 0.6) is 0 Å². The number of rotatable bonds is 3. The van der Waals surface area contributed by atoms with Gasteiger partial charge in [-0.15, -0.1) is 0 Å². The van der Waals surface area contributed by atoms with Gasteiger partial charge in [-0.05, 0) is 0 Å². The lowest BCUT2D eigenvalue weighted by atomic mass is 9.90. The molecule has 2 nitrogen and oxygen atoms in total. The monoisotopic (exact) mass is 290 g/mol. The van der Waals surface area contributed by atoms with Crippen molar-refractivity contribution in [3.8, 4) is 0 Å². The molecule has 0 bridgehead atoms. The first-order chi connectivity index (χ1) is 7.60. The summed E-state index contributed by atoms with van der Waals surface area (Å²) < 4.78 is 110. The second-order valence-corrected chi connectivity index (χ2v) is 3.01.